The molecule has 0 unspecified atom stereocenters. The normalized spacial score (nSPS) is 17.6. The highest BCUT2D eigenvalue weighted by Gasteiger charge is 2.23. The summed E-state index contributed by atoms with van der Waals surface area (Å²) in [6, 6.07) is 9.99. The third-order valence-electron chi connectivity index (χ3n) is 5.12. The van der Waals surface area contributed by atoms with Crippen molar-refractivity contribution in [3.8, 4) is 0 Å². The van der Waals surface area contributed by atoms with Crippen molar-refractivity contribution < 1.29 is 14.3 Å². The van der Waals surface area contributed by atoms with Crippen LogP contribution in [0.3, 0.4) is 0 Å². The Kier molecular flexibility index (Phi) is 9.59. The maximum atomic E-state index is 12.3. The molecule has 3 N–H and O–H groups in total. The number of hydrogen-bond donors (Lipinski definition) is 3. The first-order chi connectivity index (χ1) is 14.2. The minimum Gasteiger partial charge on any atom is -0.374 e. The molecule has 0 aromatic heterocycles. The Morgan fingerprint density at radius 3 is 2.67 bits per heavy atom. The van der Waals surface area contributed by atoms with Crippen molar-refractivity contribution >= 4 is 11.9 Å². The molecule has 1 fully saturated rings. The van der Waals surface area contributed by atoms with Crippen LogP contribution in [0.1, 0.15) is 46.1 Å². The van der Waals surface area contributed by atoms with Gasteiger partial charge in [-0.2, -0.15) is 0 Å². The van der Waals surface area contributed by atoms with Crippen molar-refractivity contribution in [1.82, 2.24) is 20.9 Å². The largest absolute Gasteiger partial charge is 0.374 e. The summed E-state index contributed by atoms with van der Waals surface area (Å²) >= 11 is 0. The third-order valence-corrected chi connectivity index (χ3v) is 5.12. The number of nitrogens with one attached hydrogen (secondary N) is 3. The SMILES string of the molecule is CC(C)C(=O)N[C@H]1CCCN(CCNC(=O)NC(C)(C)COCc2ccccc2)C1. The fourth-order valence-corrected chi connectivity index (χ4v) is 3.46. The Morgan fingerprint density at radius 2 is 1.97 bits per heavy atom. The molecule has 7 heteroatoms. The summed E-state index contributed by atoms with van der Waals surface area (Å²) in [5.41, 5.74) is 0.651. The van der Waals surface area contributed by atoms with Crippen LogP contribution in [-0.2, 0) is 16.1 Å². The minimum absolute atomic E-state index is 0.00534. The Balaban J connectivity index is 1.63. The smallest absolute Gasteiger partial charge is 0.315 e. The third kappa shape index (κ3) is 9.13. The van der Waals surface area contributed by atoms with Gasteiger partial charge >= 0.3 is 6.03 Å². The summed E-state index contributed by atoms with van der Waals surface area (Å²) in [7, 11) is 0. The molecule has 168 valence electrons. The van der Waals surface area contributed by atoms with Gasteiger partial charge in [0.15, 0.2) is 0 Å². The summed E-state index contributed by atoms with van der Waals surface area (Å²) in [5, 5.41) is 9.03. The van der Waals surface area contributed by atoms with Crippen molar-refractivity contribution in [2.24, 2.45) is 5.92 Å². The highest BCUT2D eigenvalue weighted by Crippen LogP contribution is 2.10. The van der Waals surface area contributed by atoms with E-state index in [1.165, 1.54) is 0 Å². The van der Waals surface area contributed by atoms with Crippen molar-refractivity contribution in [3.63, 3.8) is 0 Å². The number of carbonyl (C=O) groups is 2. The average molecular weight is 419 g/mol. The molecule has 30 heavy (non-hydrogen) atoms. The van der Waals surface area contributed by atoms with Gasteiger partial charge in [-0.3, -0.25) is 9.69 Å². The van der Waals surface area contributed by atoms with Crippen LogP contribution in [0.5, 0.6) is 0 Å². The van der Waals surface area contributed by atoms with Crippen LogP contribution < -0.4 is 16.0 Å². The number of likely N-dealkylation sites (tertiary alicyclic amines) is 1. The van der Waals surface area contributed by atoms with E-state index >= 15 is 0 Å². The predicted octanol–water partition coefficient (Wildman–Crippen LogP) is 2.52. The number of benzene rings is 1. The highest BCUT2D eigenvalue weighted by molar-refractivity contribution is 5.78. The number of piperidine rings is 1. The van der Waals surface area contributed by atoms with E-state index in [0.717, 1.165) is 38.0 Å². The van der Waals surface area contributed by atoms with Gasteiger partial charge in [0.25, 0.3) is 0 Å². The van der Waals surface area contributed by atoms with Gasteiger partial charge in [0.2, 0.25) is 5.91 Å². The zero-order chi connectivity index (χ0) is 22.0. The maximum Gasteiger partial charge on any atom is 0.315 e. The summed E-state index contributed by atoms with van der Waals surface area (Å²) in [5.74, 6) is 0.113. The van der Waals surface area contributed by atoms with E-state index in [0.29, 0.717) is 19.8 Å². The number of rotatable bonds is 10. The maximum absolute atomic E-state index is 12.3. The molecule has 0 spiro atoms. The van der Waals surface area contributed by atoms with Crippen molar-refractivity contribution in [2.45, 2.75) is 58.7 Å². The molecule has 7 nitrogen and oxygen atoms in total. The monoisotopic (exact) mass is 418 g/mol. The number of carbonyl (C=O) groups excluding carboxylic acids is 2. The van der Waals surface area contributed by atoms with E-state index in [9.17, 15) is 9.59 Å². The molecule has 1 aromatic carbocycles. The lowest BCUT2D eigenvalue weighted by Gasteiger charge is -2.33. The topological polar surface area (TPSA) is 82.7 Å². The van der Waals surface area contributed by atoms with E-state index < -0.39 is 5.54 Å². The van der Waals surface area contributed by atoms with Crippen molar-refractivity contribution in [1.29, 1.82) is 0 Å². The molecular formula is C23H38N4O3. The van der Waals surface area contributed by atoms with Crippen LogP contribution in [0.15, 0.2) is 30.3 Å². The molecule has 1 aliphatic heterocycles. The van der Waals surface area contributed by atoms with Crippen LogP contribution in [0, 0.1) is 5.92 Å². The van der Waals surface area contributed by atoms with Gasteiger partial charge in [-0.1, -0.05) is 44.2 Å². The number of ether oxygens (including phenoxy) is 1. The van der Waals surface area contributed by atoms with Crippen LogP contribution in [0.2, 0.25) is 0 Å². The molecule has 1 aliphatic rings. The second kappa shape index (κ2) is 11.9. The first-order valence-electron chi connectivity index (χ1n) is 11.0. The van der Waals surface area contributed by atoms with Gasteiger partial charge in [0.05, 0.1) is 18.8 Å². The molecule has 1 saturated heterocycles. The molecule has 0 radical (unpaired) electrons. The fraction of sp³-hybridized carbons (Fsp3) is 0.652. The Labute approximate surface area is 180 Å². The molecule has 1 aromatic rings. The number of amides is 3. The standard InChI is InChI=1S/C23H38N4O3/c1-18(2)21(28)25-20-11-8-13-27(15-20)14-12-24-22(29)26-23(3,4)17-30-16-19-9-6-5-7-10-19/h5-7,9-10,18,20H,8,11-17H2,1-4H3,(H,25,28)(H2,24,26,29)/t20-/m0/s1. The van der Waals surface area contributed by atoms with E-state index in [2.05, 4.69) is 20.9 Å². The van der Waals surface area contributed by atoms with Crippen LogP contribution in [0.4, 0.5) is 4.79 Å². The second-order valence-corrected chi connectivity index (χ2v) is 9.05. The molecule has 3 amide bonds. The molecule has 0 bridgehead atoms. The zero-order valence-corrected chi connectivity index (χ0v) is 18.9. The fourth-order valence-electron chi connectivity index (χ4n) is 3.46. The van der Waals surface area contributed by atoms with Gasteiger partial charge in [-0.05, 0) is 38.8 Å². The van der Waals surface area contributed by atoms with Gasteiger partial charge in [-0.15, -0.1) is 0 Å². The first-order valence-corrected chi connectivity index (χ1v) is 11.0. The van der Waals surface area contributed by atoms with Gasteiger partial charge in [-0.25, -0.2) is 4.79 Å². The molecule has 1 atom stereocenters. The zero-order valence-electron chi connectivity index (χ0n) is 18.9. The summed E-state index contributed by atoms with van der Waals surface area (Å²) in [4.78, 5) is 26.5. The predicted molar refractivity (Wildman–Crippen MR) is 119 cm³/mol. The van der Waals surface area contributed by atoms with E-state index in [4.69, 9.17) is 4.74 Å². The number of nitrogens with zero attached hydrogens (tertiary/aromatic N) is 1. The van der Waals surface area contributed by atoms with E-state index in [1.807, 2.05) is 58.0 Å². The lowest BCUT2D eigenvalue weighted by molar-refractivity contribution is -0.125. The number of urea groups is 1. The lowest BCUT2D eigenvalue weighted by Crippen LogP contribution is -2.53. The summed E-state index contributed by atoms with van der Waals surface area (Å²) < 4.78 is 5.76. The molecular weight excluding hydrogens is 380 g/mol. The number of hydrogen-bond acceptors (Lipinski definition) is 4. The Morgan fingerprint density at radius 1 is 1.23 bits per heavy atom. The first kappa shape index (κ1) is 24.2. The van der Waals surface area contributed by atoms with Gasteiger partial charge < -0.3 is 20.7 Å². The second-order valence-electron chi connectivity index (χ2n) is 9.05. The Hall–Kier alpha value is -2.12. The molecule has 0 saturated carbocycles. The van der Waals surface area contributed by atoms with Crippen molar-refractivity contribution in [2.75, 3.05) is 32.8 Å². The van der Waals surface area contributed by atoms with Crippen LogP contribution in [0.25, 0.3) is 0 Å². The van der Waals surface area contributed by atoms with E-state index in [1.54, 1.807) is 0 Å². The molecule has 0 aliphatic carbocycles. The molecule has 1 heterocycles. The summed E-state index contributed by atoms with van der Waals surface area (Å²) in [6.45, 7) is 11.8. The summed E-state index contributed by atoms with van der Waals surface area (Å²) in [6.07, 6.45) is 2.07. The average Bonchev–Trinajstić information content (AvgIpc) is 2.68. The molecule has 2 rings (SSSR count). The van der Waals surface area contributed by atoms with Gasteiger partial charge in [0.1, 0.15) is 0 Å². The Bertz CT molecular complexity index is 664. The highest BCUT2D eigenvalue weighted by atomic mass is 16.5. The van der Waals surface area contributed by atoms with Crippen LogP contribution in [-0.4, -0.2) is 61.2 Å². The quantitative estimate of drug-likeness (QED) is 0.545. The van der Waals surface area contributed by atoms with Crippen LogP contribution >= 0.6 is 0 Å². The van der Waals surface area contributed by atoms with E-state index in [-0.39, 0.29) is 23.9 Å². The lowest BCUT2D eigenvalue weighted by atomic mass is 10.0. The minimum atomic E-state index is -0.462. The van der Waals surface area contributed by atoms with Gasteiger partial charge in [0, 0.05) is 31.6 Å². The van der Waals surface area contributed by atoms with Crippen molar-refractivity contribution in [3.05, 3.63) is 35.9 Å².